The molecule has 0 atom stereocenters. The Kier molecular flexibility index (Phi) is 2.23. The van der Waals surface area contributed by atoms with Crippen LogP contribution in [0.1, 0.15) is 0 Å². The molecule has 44 valence electrons. The monoisotopic (exact) mass is 134 g/mol. The molecular weight excluding hydrogens is 127 g/mol. The zero-order chi connectivity index (χ0) is 6.69. The van der Waals surface area contributed by atoms with Crippen LogP contribution in [0.5, 0.6) is 0 Å². The molecule has 0 saturated heterocycles. The molecule has 9 heavy (non-hydrogen) atoms. The van der Waals surface area contributed by atoms with Crippen LogP contribution in [-0.2, 0) is 0 Å². The predicted octanol–water partition coefficient (Wildman–Crippen LogP) is 1.20. The number of benzene rings is 1. The molecule has 1 aromatic rings. The molecule has 0 N–H and O–H groups in total. The van der Waals surface area contributed by atoms with Gasteiger partial charge in [-0.1, -0.05) is 23.7 Å². The van der Waals surface area contributed by atoms with E-state index in [1.807, 2.05) is 30.5 Å². The van der Waals surface area contributed by atoms with Crippen molar-refractivity contribution in [2.45, 2.75) is 4.90 Å². The van der Waals surface area contributed by atoms with Crippen molar-refractivity contribution in [3.05, 3.63) is 24.3 Å². The molecule has 2 radical (unpaired) electrons. The highest BCUT2D eigenvalue weighted by atomic mass is 32.2. The van der Waals surface area contributed by atoms with Crippen LogP contribution in [-0.4, -0.2) is 14.1 Å². The Labute approximate surface area is 61.1 Å². The minimum Gasteiger partial charge on any atom is -0.130 e. The van der Waals surface area contributed by atoms with Crippen LogP contribution >= 0.6 is 11.8 Å². The summed E-state index contributed by atoms with van der Waals surface area (Å²) < 4.78 is 0. The minimum atomic E-state index is 0.866. The van der Waals surface area contributed by atoms with Gasteiger partial charge in [0.25, 0.3) is 0 Å². The molecule has 0 amide bonds. The maximum absolute atomic E-state index is 5.61. The summed E-state index contributed by atoms with van der Waals surface area (Å²) >= 11 is 1.67. The molecule has 0 bridgehead atoms. The van der Waals surface area contributed by atoms with E-state index in [1.165, 1.54) is 0 Å². The third-order valence-corrected chi connectivity index (χ3v) is 1.95. The average molecular weight is 134 g/mol. The molecule has 0 nitrogen and oxygen atoms in total. The number of thioether (sulfide) groups is 1. The fourth-order valence-electron chi connectivity index (χ4n) is 0.666. The van der Waals surface area contributed by atoms with Gasteiger partial charge in [-0.2, -0.15) is 0 Å². The zero-order valence-corrected chi connectivity index (χ0v) is 6.11. The number of hydrogen-bond acceptors (Lipinski definition) is 1. The lowest BCUT2D eigenvalue weighted by Crippen LogP contribution is -2.03. The summed E-state index contributed by atoms with van der Waals surface area (Å²) in [6, 6.07) is 7.85. The van der Waals surface area contributed by atoms with E-state index in [1.54, 1.807) is 11.8 Å². The Balaban J connectivity index is 3.01. The van der Waals surface area contributed by atoms with Gasteiger partial charge in [0.15, 0.2) is 0 Å². The molecule has 1 rings (SSSR count). The Morgan fingerprint density at radius 2 is 2.00 bits per heavy atom. The molecular formula is C7H7BS. The Bertz CT molecular complexity index is 198. The Morgan fingerprint density at radius 1 is 1.33 bits per heavy atom. The second kappa shape index (κ2) is 2.97. The van der Waals surface area contributed by atoms with Gasteiger partial charge < -0.3 is 0 Å². The van der Waals surface area contributed by atoms with Crippen molar-refractivity contribution in [2.24, 2.45) is 0 Å². The standard InChI is InChI=1S/C7H7BS/c1-9-7-5-3-2-4-6(7)8/h2-5H,1H3. The second-order valence-electron chi connectivity index (χ2n) is 1.74. The van der Waals surface area contributed by atoms with Crippen molar-refractivity contribution in [1.82, 2.24) is 0 Å². The first-order valence-electron chi connectivity index (χ1n) is 2.73. The van der Waals surface area contributed by atoms with Gasteiger partial charge >= 0.3 is 0 Å². The Hall–Kier alpha value is -0.365. The smallest absolute Gasteiger partial charge is 0.115 e. The summed E-state index contributed by atoms with van der Waals surface area (Å²) in [5.74, 6) is 0. The first-order valence-corrected chi connectivity index (χ1v) is 3.95. The quantitative estimate of drug-likeness (QED) is 0.410. The van der Waals surface area contributed by atoms with Gasteiger partial charge in [-0.05, 0) is 17.2 Å². The van der Waals surface area contributed by atoms with Crippen LogP contribution in [0.3, 0.4) is 0 Å². The highest BCUT2D eigenvalue weighted by Crippen LogP contribution is 2.08. The van der Waals surface area contributed by atoms with E-state index in [0.717, 1.165) is 10.4 Å². The van der Waals surface area contributed by atoms with Crippen LogP contribution in [0.25, 0.3) is 0 Å². The lowest BCUT2D eigenvalue weighted by Gasteiger charge is -1.98. The largest absolute Gasteiger partial charge is 0.130 e. The first kappa shape index (κ1) is 6.75. The summed E-state index contributed by atoms with van der Waals surface area (Å²) in [5, 5.41) is 0. The molecule has 0 fully saturated rings. The maximum atomic E-state index is 5.61. The van der Waals surface area contributed by atoms with Gasteiger partial charge in [-0.3, -0.25) is 0 Å². The molecule has 0 heterocycles. The first-order chi connectivity index (χ1) is 4.34. The topological polar surface area (TPSA) is 0 Å². The zero-order valence-electron chi connectivity index (χ0n) is 5.29. The summed E-state index contributed by atoms with van der Waals surface area (Å²) in [4.78, 5) is 1.15. The van der Waals surface area contributed by atoms with Crippen molar-refractivity contribution >= 4 is 25.1 Å². The summed E-state index contributed by atoms with van der Waals surface area (Å²) in [7, 11) is 5.61. The molecule has 0 aliphatic rings. The minimum absolute atomic E-state index is 0.866. The van der Waals surface area contributed by atoms with Gasteiger partial charge in [0.2, 0.25) is 0 Å². The van der Waals surface area contributed by atoms with Crippen molar-refractivity contribution in [1.29, 1.82) is 0 Å². The molecule has 0 spiro atoms. The molecule has 0 unspecified atom stereocenters. The molecule has 0 aliphatic carbocycles. The van der Waals surface area contributed by atoms with Gasteiger partial charge in [0, 0.05) is 0 Å². The SMILES string of the molecule is [B]c1ccccc1SC. The van der Waals surface area contributed by atoms with E-state index in [4.69, 9.17) is 7.85 Å². The fourth-order valence-corrected chi connectivity index (χ4v) is 1.18. The van der Waals surface area contributed by atoms with Crippen LogP contribution in [0.2, 0.25) is 0 Å². The van der Waals surface area contributed by atoms with E-state index < -0.39 is 0 Å². The molecule has 0 saturated carbocycles. The number of hydrogen-bond donors (Lipinski definition) is 0. The molecule has 0 aromatic heterocycles. The van der Waals surface area contributed by atoms with E-state index in [-0.39, 0.29) is 0 Å². The highest BCUT2D eigenvalue weighted by Gasteiger charge is 1.89. The normalized spacial score (nSPS) is 9.44. The molecule has 2 heteroatoms. The highest BCUT2D eigenvalue weighted by molar-refractivity contribution is 7.98. The molecule has 0 aliphatic heterocycles. The van der Waals surface area contributed by atoms with Gasteiger partial charge in [0.1, 0.15) is 7.85 Å². The third-order valence-electron chi connectivity index (χ3n) is 1.14. The van der Waals surface area contributed by atoms with E-state index >= 15 is 0 Å². The van der Waals surface area contributed by atoms with E-state index in [0.29, 0.717) is 0 Å². The molecule has 1 aromatic carbocycles. The average Bonchev–Trinajstić information content (AvgIpc) is 1.89. The maximum Gasteiger partial charge on any atom is 0.115 e. The van der Waals surface area contributed by atoms with Crippen LogP contribution < -0.4 is 5.46 Å². The van der Waals surface area contributed by atoms with Crippen LogP contribution in [0.15, 0.2) is 29.2 Å². The van der Waals surface area contributed by atoms with Gasteiger partial charge in [-0.15, -0.1) is 11.8 Å². The second-order valence-corrected chi connectivity index (χ2v) is 2.59. The van der Waals surface area contributed by atoms with Crippen LogP contribution in [0.4, 0.5) is 0 Å². The summed E-state index contributed by atoms with van der Waals surface area (Å²) in [6.07, 6.45) is 2.02. The predicted molar refractivity (Wildman–Crippen MR) is 43.6 cm³/mol. The lowest BCUT2D eigenvalue weighted by molar-refractivity contribution is 1.53. The summed E-state index contributed by atoms with van der Waals surface area (Å²) in [5.41, 5.74) is 0.866. The number of rotatable bonds is 1. The summed E-state index contributed by atoms with van der Waals surface area (Å²) in [6.45, 7) is 0. The van der Waals surface area contributed by atoms with Gasteiger partial charge in [0.05, 0.1) is 0 Å². The van der Waals surface area contributed by atoms with E-state index in [2.05, 4.69) is 0 Å². The van der Waals surface area contributed by atoms with Crippen molar-refractivity contribution in [3.8, 4) is 0 Å². The van der Waals surface area contributed by atoms with E-state index in [9.17, 15) is 0 Å². The lowest BCUT2D eigenvalue weighted by atomic mass is 9.97. The van der Waals surface area contributed by atoms with Gasteiger partial charge in [-0.25, -0.2) is 0 Å². The van der Waals surface area contributed by atoms with Crippen LogP contribution in [0, 0.1) is 0 Å². The van der Waals surface area contributed by atoms with Crippen molar-refractivity contribution in [2.75, 3.05) is 6.26 Å². The van der Waals surface area contributed by atoms with Crippen molar-refractivity contribution in [3.63, 3.8) is 0 Å². The van der Waals surface area contributed by atoms with Crippen molar-refractivity contribution < 1.29 is 0 Å². The fraction of sp³-hybridized carbons (Fsp3) is 0.143. The third kappa shape index (κ3) is 1.52. The Morgan fingerprint density at radius 3 is 2.44 bits per heavy atom.